The third-order valence-corrected chi connectivity index (χ3v) is 6.08. The van der Waals surface area contributed by atoms with Crippen LogP contribution in [-0.2, 0) is 11.2 Å². The minimum Gasteiger partial charge on any atom is -0.335 e. The molecule has 124 valence electrons. The third-order valence-electron chi connectivity index (χ3n) is 4.51. The molecule has 22 heavy (non-hydrogen) atoms. The van der Waals surface area contributed by atoms with Crippen LogP contribution in [0.3, 0.4) is 0 Å². The summed E-state index contributed by atoms with van der Waals surface area (Å²) in [7, 11) is 0. The Balaban J connectivity index is 0.00000176. The minimum atomic E-state index is 0. The lowest BCUT2D eigenvalue weighted by Crippen LogP contribution is -2.42. The van der Waals surface area contributed by atoms with Crippen molar-refractivity contribution in [3.05, 3.63) is 20.3 Å². The molecule has 0 aliphatic carbocycles. The summed E-state index contributed by atoms with van der Waals surface area (Å²) in [6.07, 6.45) is 5.69. The smallest absolute Gasteiger partial charge is 0.223 e. The van der Waals surface area contributed by atoms with Crippen molar-refractivity contribution in [2.45, 2.75) is 50.6 Å². The molecule has 3 nitrogen and oxygen atoms in total. The fraction of sp³-hybridized carbons (Fsp3) is 0.667. The van der Waals surface area contributed by atoms with Gasteiger partial charge < -0.3 is 10.2 Å². The van der Waals surface area contributed by atoms with Gasteiger partial charge in [0.25, 0.3) is 0 Å². The number of hydrogen-bond acceptors (Lipinski definition) is 3. The summed E-state index contributed by atoms with van der Waals surface area (Å²) in [4.78, 5) is 14.7. The van der Waals surface area contributed by atoms with Crippen LogP contribution in [0.4, 0.5) is 0 Å². The Morgan fingerprint density at radius 3 is 2.82 bits per heavy atom. The summed E-state index contributed by atoms with van der Waals surface area (Å²) in [6.45, 7) is 1.99. The van der Waals surface area contributed by atoms with Gasteiger partial charge in [-0.25, -0.2) is 0 Å². The molecule has 3 heterocycles. The third kappa shape index (κ3) is 4.09. The summed E-state index contributed by atoms with van der Waals surface area (Å²) < 4.78 is 1.48. The van der Waals surface area contributed by atoms with Crippen molar-refractivity contribution in [2.75, 3.05) is 13.1 Å². The van der Waals surface area contributed by atoms with Crippen LogP contribution in [0, 0.1) is 0 Å². The highest BCUT2D eigenvalue weighted by molar-refractivity contribution is 7.20. The van der Waals surface area contributed by atoms with Crippen molar-refractivity contribution >= 4 is 52.9 Å². The molecule has 0 aromatic carbocycles. The van der Waals surface area contributed by atoms with Gasteiger partial charge in [-0.3, -0.25) is 4.79 Å². The molecule has 1 aromatic heterocycles. The standard InChI is InChI=1S/C15H20Cl2N2OS.ClH/c16-13-8-10(15(17)21-13)2-1-3-14(20)19-11-4-5-12(19)9-18-7-6-11;/h8,11-12,18H,1-7,9H2;1H. The molecule has 1 aromatic rings. The van der Waals surface area contributed by atoms with E-state index in [1.165, 1.54) is 17.8 Å². The lowest BCUT2D eigenvalue weighted by molar-refractivity contribution is -0.133. The number of hydrogen-bond donors (Lipinski definition) is 1. The van der Waals surface area contributed by atoms with Crippen LogP contribution < -0.4 is 5.32 Å². The molecule has 2 unspecified atom stereocenters. The topological polar surface area (TPSA) is 32.3 Å². The van der Waals surface area contributed by atoms with E-state index in [9.17, 15) is 4.79 Å². The predicted octanol–water partition coefficient (Wildman–Crippen LogP) is 4.15. The van der Waals surface area contributed by atoms with Gasteiger partial charge >= 0.3 is 0 Å². The molecule has 2 atom stereocenters. The fourth-order valence-electron chi connectivity index (χ4n) is 3.49. The lowest BCUT2D eigenvalue weighted by atomic mass is 10.1. The highest BCUT2D eigenvalue weighted by atomic mass is 35.5. The number of nitrogens with zero attached hydrogens (tertiary/aromatic N) is 1. The number of rotatable bonds is 4. The highest BCUT2D eigenvalue weighted by Gasteiger charge is 2.37. The van der Waals surface area contributed by atoms with E-state index >= 15 is 0 Å². The number of carbonyl (C=O) groups excluding carboxylic acids is 1. The van der Waals surface area contributed by atoms with Crippen LogP contribution in [0.1, 0.15) is 37.7 Å². The molecule has 2 saturated heterocycles. The van der Waals surface area contributed by atoms with Gasteiger partial charge in [-0.15, -0.1) is 23.7 Å². The largest absolute Gasteiger partial charge is 0.335 e. The fourth-order valence-corrected chi connectivity index (χ4v) is 5.04. The van der Waals surface area contributed by atoms with E-state index in [0.29, 0.717) is 24.4 Å². The first kappa shape index (κ1) is 18.3. The normalized spacial score (nSPS) is 24.0. The van der Waals surface area contributed by atoms with E-state index < -0.39 is 0 Å². The van der Waals surface area contributed by atoms with Crippen LogP contribution >= 0.6 is 46.9 Å². The molecule has 1 amide bonds. The first-order valence-electron chi connectivity index (χ1n) is 7.60. The summed E-state index contributed by atoms with van der Waals surface area (Å²) >= 11 is 13.5. The quantitative estimate of drug-likeness (QED) is 0.847. The average molecular weight is 384 g/mol. The van der Waals surface area contributed by atoms with Gasteiger partial charge in [0.2, 0.25) is 5.91 Å². The summed E-state index contributed by atoms with van der Waals surface area (Å²) in [6, 6.07) is 2.78. The molecule has 0 saturated carbocycles. The van der Waals surface area contributed by atoms with Crippen molar-refractivity contribution in [2.24, 2.45) is 0 Å². The molecule has 0 radical (unpaired) electrons. The Hall–Kier alpha value is -0.000000000000000104. The molecular formula is C15H21Cl3N2OS. The molecule has 1 N–H and O–H groups in total. The summed E-state index contributed by atoms with van der Waals surface area (Å²) in [5.74, 6) is 0.309. The second-order valence-electron chi connectivity index (χ2n) is 5.88. The molecule has 2 aliphatic rings. The number of thiophene rings is 1. The lowest BCUT2D eigenvalue weighted by Gasteiger charge is -2.28. The average Bonchev–Trinajstić information content (AvgIpc) is 2.87. The number of fused-ring (bicyclic) bond motifs is 2. The zero-order chi connectivity index (χ0) is 14.8. The molecule has 0 spiro atoms. The van der Waals surface area contributed by atoms with Crippen LogP contribution in [0.2, 0.25) is 8.67 Å². The maximum Gasteiger partial charge on any atom is 0.223 e. The number of aryl methyl sites for hydroxylation is 1. The zero-order valence-corrected chi connectivity index (χ0v) is 15.5. The maximum absolute atomic E-state index is 12.5. The number of nitrogens with one attached hydrogen (secondary N) is 1. The van der Waals surface area contributed by atoms with Crippen molar-refractivity contribution in [3.63, 3.8) is 0 Å². The van der Waals surface area contributed by atoms with Gasteiger partial charge in [0.1, 0.15) is 0 Å². The molecule has 2 aliphatic heterocycles. The van der Waals surface area contributed by atoms with Crippen LogP contribution in [0.5, 0.6) is 0 Å². The Labute approximate surface area is 151 Å². The van der Waals surface area contributed by atoms with E-state index in [1.807, 2.05) is 6.07 Å². The van der Waals surface area contributed by atoms with Crippen molar-refractivity contribution in [1.82, 2.24) is 10.2 Å². The number of halogens is 3. The second kappa shape index (κ2) is 8.20. The van der Waals surface area contributed by atoms with Crippen molar-refractivity contribution in [1.29, 1.82) is 0 Å². The molecule has 2 bridgehead atoms. The zero-order valence-electron chi connectivity index (χ0n) is 12.3. The first-order chi connectivity index (χ1) is 10.1. The maximum atomic E-state index is 12.5. The Kier molecular flexibility index (Phi) is 6.84. The second-order valence-corrected chi connectivity index (χ2v) is 8.17. The summed E-state index contributed by atoms with van der Waals surface area (Å²) in [5.41, 5.74) is 1.07. The molecular weight excluding hydrogens is 363 g/mol. The number of amides is 1. The van der Waals surface area contributed by atoms with Gasteiger partial charge in [-0.05, 0) is 50.3 Å². The van der Waals surface area contributed by atoms with Crippen LogP contribution in [0.25, 0.3) is 0 Å². The van der Waals surface area contributed by atoms with Gasteiger partial charge in [0, 0.05) is 25.0 Å². The first-order valence-corrected chi connectivity index (χ1v) is 9.18. The highest BCUT2D eigenvalue weighted by Crippen LogP contribution is 2.33. The van der Waals surface area contributed by atoms with Crippen molar-refractivity contribution in [3.8, 4) is 0 Å². The predicted molar refractivity (Wildman–Crippen MR) is 95.7 cm³/mol. The monoisotopic (exact) mass is 382 g/mol. The SMILES string of the molecule is Cl.O=C(CCCc1cc(Cl)sc1Cl)N1C2CCNCC1CC2. The van der Waals surface area contributed by atoms with Crippen molar-refractivity contribution < 1.29 is 4.79 Å². The summed E-state index contributed by atoms with van der Waals surface area (Å²) in [5, 5.41) is 3.43. The molecule has 2 fully saturated rings. The van der Waals surface area contributed by atoms with Gasteiger partial charge in [-0.2, -0.15) is 0 Å². The van der Waals surface area contributed by atoms with E-state index in [1.54, 1.807) is 0 Å². The van der Waals surface area contributed by atoms with E-state index in [-0.39, 0.29) is 12.4 Å². The Morgan fingerprint density at radius 1 is 1.32 bits per heavy atom. The van der Waals surface area contributed by atoms with Gasteiger partial charge in [0.15, 0.2) is 0 Å². The van der Waals surface area contributed by atoms with Crippen LogP contribution in [0.15, 0.2) is 6.07 Å². The van der Waals surface area contributed by atoms with Gasteiger partial charge in [0.05, 0.1) is 8.67 Å². The van der Waals surface area contributed by atoms with E-state index in [4.69, 9.17) is 23.2 Å². The van der Waals surface area contributed by atoms with Gasteiger partial charge in [-0.1, -0.05) is 23.2 Å². The Bertz CT molecular complexity index is 509. The molecule has 7 heteroatoms. The van der Waals surface area contributed by atoms with E-state index in [0.717, 1.165) is 53.0 Å². The number of carbonyl (C=O) groups is 1. The minimum absolute atomic E-state index is 0. The Morgan fingerprint density at radius 2 is 2.09 bits per heavy atom. The van der Waals surface area contributed by atoms with E-state index in [2.05, 4.69) is 10.2 Å². The molecule has 3 rings (SSSR count). The van der Waals surface area contributed by atoms with Crippen LogP contribution in [-0.4, -0.2) is 36.0 Å².